The minimum absolute atomic E-state index is 0.0300. The highest BCUT2D eigenvalue weighted by molar-refractivity contribution is 5.81. The van der Waals surface area contributed by atoms with Gasteiger partial charge in [0, 0.05) is 38.1 Å². The quantitative estimate of drug-likeness (QED) is 0.797. The zero-order chi connectivity index (χ0) is 20.2. The second kappa shape index (κ2) is 9.24. The summed E-state index contributed by atoms with van der Waals surface area (Å²) in [6.45, 7) is 4.13. The van der Waals surface area contributed by atoms with Crippen molar-refractivity contribution in [2.75, 3.05) is 32.7 Å². The maximum Gasteiger partial charge on any atom is 0.225 e. The number of rotatable bonds is 6. The molecule has 0 spiro atoms. The summed E-state index contributed by atoms with van der Waals surface area (Å²) in [6, 6.07) is 7.04. The lowest BCUT2D eigenvalue weighted by Gasteiger charge is -2.42. The molecule has 1 atom stereocenters. The fourth-order valence-corrected chi connectivity index (χ4v) is 4.76. The first-order valence-corrected chi connectivity index (χ1v) is 11.1. The standard InChI is InChI=1S/C23H32FN3O2/c24-20-5-1-3-17(15-20)8-11-25-22(28)19-4-2-12-27(16-19)21-9-13-26(14-10-21)23(29)18-6-7-18/h1,3,5,15,18-19,21H,2,4,6-14,16H2,(H,25,28)/t19-/m0/s1. The molecule has 2 saturated heterocycles. The van der Waals surface area contributed by atoms with Gasteiger partial charge in [-0.25, -0.2) is 4.39 Å². The van der Waals surface area contributed by atoms with Crippen LogP contribution in [0.15, 0.2) is 24.3 Å². The molecule has 1 N–H and O–H groups in total. The van der Waals surface area contributed by atoms with Gasteiger partial charge in [-0.2, -0.15) is 0 Å². The number of hydrogen-bond donors (Lipinski definition) is 1. The van der Waals surface area contributed by atoms with Gasteiger partial charge in [-0.1, -0.05) is 12.1 Å². The van der Waals surface area contributed by atoms with E-state index in [2.05, 4.69) is 15.1 Å². The Morgan fingerprint density at radius 3 is 2.55 bits per heavy atom. The lowest BCUT2D eigenvalue weighted by molar-refractivity contribution is -0.134. The van der Waals surface area contributed by atoms with Crippen molar-refractivity contribution in [2.45, 2.75) is 51.0 Å². The van der Waals surface area contributed by atoms with E-state index in [0.717, 1.165) is 70.3 Å². The van der Waals surface area contributed by atoms with E-state index < -0.39 is 0 Å². The van der Waals surface area contributed by atoms with Crippen molar-refractivity contribution in [1.82, 2.24) is 15.1 Å². The molecule has 0 bridgehead atoms. The molecule has 5 nitrogen and oxygen atoms in total. The van der Waals surface area contributed by atoms with Gasteiger partial charge in [0.15, 0.2) is 0 Å². The summed E-state index contributed by atoms with van der Waals surface area (Å²) in [7, 11) is 0. The molecule has 0 aromatic heterocycles. The Hall–Kier alpha value is -1.95. The highest BCUT2D eigenvalue weighted by atomic mass is 19.1. The smallest absolute Gasteiger partial charge is 0.225 e. The van der Waals surface area contributed by atoms with Crippen molar-refractivity contribution in [2.24, 2.45) is 11.8 Å². The molecule has 1 aromatic rings. The maximum atomic E-state index is 13.3. The van der Waals surface area contributed by atoms with Gasteiger partial charge in [-0.15, -0.1) is 0 Å². The molecule has 4 rings (SSSR count). The third kappa shape index (κ3) is 5.35. The fourth-order valence-electron chi connectivity index (χ4n) is 4.76. The van der Waals surface area contributed by atoms with Crippen LogP contribution in [-0.2, 0) is 16.0 Å². The molecule has 1 aromatic carbocycles. The Kier molecular flexibility index (Phi) is 6.48. The molecule has 3 aliphatic rings. The van der Waals surface area contributed by atoms with Crippen molar-refractivity contribution in [3.05, 3.63) is 35.6 Å². The van der Waals surface area contributed by atoms with Crippen LogP contribution < -0.4 is 5.32 Å². The van der Waals surface area contributed by atoms with E-state index in [1.807, 2.05) is 6.07 Å². The molecular weight excluding hydrogens is 369 g/mol. The highest BCUT2D eigenvalue weighted by Gasteiger charge is 2.37. The van der Waals surface area contributed by atoms with Gasteiger partial charge in [0.05, 0.1) is 5.92 Å². The average molecular weight is 402 g/mol. The van der Waals surface area contributed by atoms with Gasteiger partial charge in [0.25, 0.3) is 0 Å². The Bertz CT molecular complexity index is 729. The van der Waals surface area contributed by atoms with Crippen molar-refractivity contribution in [3.63, 3.8) is 0 Å². The number of likely N-dealkylation sites (tertiary alicyclic amines) is 2. The van der Waals surface area contributed by atoms with Crippen molar-refractivity contribution in [1.29, 1.82) is 0 Å². The Balaban J connectivity index is 1.20. The number of amides is 2. The molecule has 2 heterocycles. The molecule has 0 unspecified atom stereocenters. The largest absolute Gasteiger partial charge is 0.355 e. The number of nitrogens with zero attached hydrogens (tertiary/aromatic N) is 2. The van der Waals surface area contributed by atoms with E-state index >= 15 is 0 Å². The third-order valence-electron chi connectivity index (χ3n) is 6.64. The molecule has 3 fully saturated rings. The first kappa shape index (κ1) is 20.3. The maximum absolute atomic E-state index is 13.3. The van der Waals surface area contributed by atoms with Gasteiger partial charge in [-0.3, -0.25) is 14.5 Å². The molecule has 1 aliphatic carbocycles. The van der Waals surface area contributed by atoms with Crippen LogP contribution >= 0.6 is 0 Å². The van der Waals surface area contributed by atoms with Crippen LogP contribution in [0.25, 0.3) is 0 Å². The van der Waals surface area contributed by atoms with Crippen LogP contribution in [0.1, 0.15) is 44.1 Å². The SMILES string of the molecule is O=C(NCCc1cccc(F)c1)[C@H]1CCCN(C2CCN(C(=O)C3CC3)CC2)C1. The monoisotopic (exact) mass is 401 g/mol. The van der Waals surface area contributed by atoms with E-state index in [4.69, 9.17) is 0 Å². The van der Waals surface area contributed by atoms with E-state index in [9.17, 15) is 14.0 Å². The first-order valence-electron chi connectivity index (χ1n) is 11.1. The second-order valence-corrected chi connectivity index (χ2v) is 8.84. The van der Waals surface area contributed by atoms with Crippen molar-refractivity contribution in [3.8, 4) is 0 Å². The minimum Gasteiger partial charge on any atom is -0.355 e. The van der Waals surface area contributed by atoms with Crippen molar-refractivity contribution < 1.29 is 14.0 Å². The molecule has 6 heteroatoms. The van der Waals surface area contributed by atoms with Crippen LogP contribution in [0.3, 0.4) is 0 Å². The Morgan fingerprint density at radius 1 is 1.03 bits per heavy atom. The normalized spacial score (nSPS) is 23.8. The predicted molar refractivity (Wildman–Crippen MR) is 110 cm³/mol. The lowest BCUT2D eigenvalue weighted by Crippen LogP contribution is -2.51. The van der Waals surface area contributed by atoms with Crippen LogP contribution in [0.4, 0.5) is 4.39 Å². The number of benzene rings is 1. The van der Waals surface area contributed by atoms with Crippen LogP contribution in [0, 0.1) is 17.7 Å². The minimum atomic E-state index is -0.235. The van der Waals surface area contributed by atoms with Gasteiger partial charge in [-0.05, 0) is 69.2 Å². The molecule has 158 valence electrons. The second-order valence-electron chi connectivity index (χ2n) is 8.84. The van der Waals surface area contributed by atoms with Crippen molar-refractivity contribution >= 4 is 11.8 Å². The zero-order valence-corrected chi connectivity index (χ0v) is 17.1. The number of halogens is 1. The topological polar surface area (TPSA) is 52.7 Å². The summed E-state index contributed by atoms with van der Waals surface area (Å²) >= 11 is 0. The summed E-state index contributed by atoms with van der Waals surface area (Å²) in [4.78, 5) is 29.4. The van der Waals surface area contributed by atoms with Crippen LogP contribution in [-0.4, -0.2) is 60.4 Å². The summed E-state index contributed by atoms with van der Waals surface area (Å²) in [5, 5.41) is 3.04. The zero-order valence-electron chi connectivity index (χ0n) is 17.1. The number of carbonyl (C=O) groups excluding carboxylic acids is 2. The number of nitrogens with one attached hydrogen (secondary N) is 1. The van der Waals surface area contributed by atoms with E-state index in [1.165, 1.54) is 12.1 Å². The van der Waals surface area contributed by atoms with E-state index in [-0.39, 0.29) is 17.6 Å². The van der Waals surface area contributed by atoms with Crippen LogP contribution in [0.2, 0.25) is 0 Å². The van der Waals surface area contributed by atoms with E-state index in [0.29, 0.717) is 30.8 Å². The highest BCUT2D eigenvalue weighted by Crippen LogP contribution is 2.32. The fraction of sp³-hybridized carbons (Fsp3) is 0.652. The Morgan fingerprint density at radius 2 is 1.83 bits per heavy atom. The Labute approximate surface area is 172 Å². The molecule has 2 amide bonds. The number of carbonyl (C=O) groups is 2. The number of hydrogen-bond acceptors (Lipinski definition) is 3. The van der Waals surface area contributed by atoms with Gasteiger partial charge >= 0.3 is 0 Å². The summed E-state index contributed by atoms with van der Waals surface area (Å²) < 4.78 is 13.3. The number of piperidine rings is 2. The van der Waals surface area contributed by atoms with Gasteiger partial charge in [0.2, 0.25) is 11.8 Å². The summed E-state index contributed by atoms with van der Waals surface area (Å²) in [5.74, 6) is 0.580. The lowest BCUT2D eigenvalue weighted by atomic mass is 9.93. The molecular formula is C23H32FN3O2. The predicted octanol–water partition coefficient (Wildman–Crippen LogP) is 2.60. The van der Waals surface area contributed by atoms with Gasteiger partial charge in [0.1, 0.15) is 5.82 Å². The van der Waals surface area contributed by atoms with Gasteiger partial charge < -0.3 is 10.2 Å². The molecule has 0 radical (unpaired) electrons. The first-order chi connectivity index (χ1) is 14.1. The third-order valence-corrected chi connectivity index (χ3v) is 6.64. The average Bonchev–Trinajstić information content (AvgIpc) is 3.59. The summed E-state index contributed by atoms with van der Waals surface area (Å²) in [6.07, 6.45) is 6.80. The molecule has 1 saturated carbocycles. The molecule has 29 heavy (non-hydrogen) atoms. The summed E-state index contributed by atoms with van der Waals surface area (Å²) in [5.41, 5.74) is 0.906. The van der Waals surface area contributed by atoms with E-state index in [1.54, 1.807) is 6.07 Å². The van der Waals surface area contributed by atoms with Crippen LogP contribution in [0.5, 0.6) is 0 Å². The molecule has 2 aliphatic heterocycles.